The number of hydrogen-bond donors (Lipinski definition) is 2. The van der Waals surface area contributed by atoms with E-state index in [0.717, 1.165) is 28.7 Å². The summed E-state index contributed by atoms with van der Waals surface area (Å²) in [6.07, 6.45) is 0.555. The Balaban J connectivity index is 0.00000338. The van der Waals surface area contributed by atoms with Gasteiger partial charge in [-0.2, -0.15) is 18.3 Å². The van der Waals surface area contributed by atoms with Gasteiger partial charge < -0.3 is 10.6 Å². The van der Waals surface area contributed by atoms with Gasteiger partial charge in [-0.05, 0) is 18.9 Å². The highest BCUT2D eigenvalue weighted by Gasteiger charge is 2.33. The summed E-state index contributed by atoms with van der Waals surface area (Å²) < 4.78 is 39.3. The molecule has 0 aromatic carbocycles. The molecule has 6 nitrogen and oxygen atoms in total. The number of nitrogens with one attached hydrogen (secondary N) is 2. The van der Waals surface area contributed by atoms with Gasteiger partial charge >= 0.3 is 6.18 Å². The summed E-state index contributed by atoms with van der Waals surface area (Å²) in [6, 6.07) is 0. The largest absolute Gasteiger partial charge is 0.434 e. The van der Waals surface area contributed by atoms with Crippen LogP contribution in [-0.2, 0) is 26.1 Å². The highest BCUT2D eigenvalue weighted by atomic mass is 127. The molecule has 0 saturated carbocycles. The Morgan fingerprint density at radius 1 is 1.31 bits per heavy atom. The zero-order valence-electron chi connectivity index (χ0n) is 14.5. The lowest BCUT2D eigenvalue weighted by Crippen LogP contribution is -2.38. The molecule has 11 heteroatoms. The number of halogens is 4. The highest BCUT2D eigenvalue weighted by molar-refractivity contribution is 14.0. The topological polar surface area (TPSA) is 67.1 Å². The van der Waals surface area contributed by atoms with Crippen LogP contribution in [0.15, 0.2) is 22.8 Å². The fraction of sp³-hybridized carbons (Fsp3) is 0.533. The first-order valence-electron chi connectivity index (χ1n) is 7.89. The van der Waals surface area contributed by atoms with Crippen molar-refractivity contribution in [3.8, 4) is 0 Å². The Hall–Kier alpha value is -1.37. The van der Waals surface area contributed by atoms with Gasteiger partial charge in [0.05, 0.1) is 11.2 Å². The molecule has 0 bridgehead atoms. The molecule has 26 heavy (non-hydrogen) atoms. The lowest BCUT2D eigenvalue weighted by Gasteiger charge is -2.10. The summed E-state index contributed by atoms with van der Waals surface area (Å²) >= 11 is 1.01. The van der Waals surface area contributed by atoms with E-state index in [1.807, 2.05) is 26.4 Å². The first kappa shape index (κ1) is 22.7. The van der Waals surface area contributed by atoms with Crippen molar-refractivity contribution >= 4 is 41.3 Å². The van der Waals surface area contributed by atoms with Gasteiger partial charge in [-0.15, -0.1) is 35.3 Å². The lowest BCUT2D eigenvalue weighted by atomic mass is 10.2. The molecule has 0 fully saturated rings. The minimum Gasteiger partial charge on any atom is -0.357 e. The van der Waals surface area contributed by atoms with Gasteiger partial charge in [-0.1, -0.05) is 0 Å². The van der Waals surface area contributed by atoms with Crippen LogP contribution in [0.2, 0.25) is 0 Å². The smallest absolute Gasteiger partial charge is 0.357 e. The Labute approximate surface area is 171 Å². The quantitative estimate of drug-likeness (QED) is 0.347. The van der Waals surface area contributed by atoms with Crippen LogP contribution in [0.3, 0.4) is 0 Å². The number of nitrogens with zero attached hydrogens (tertiary/aromatic N) is 4. The summed E-state index contributed by atoms with van der Waals surface area (Å²) in [5, 5.41) is 11.9. The molecule has 0 unspecified atom stereocenters. The average molecular weight is 502 g/mol. The zero-order valence-corrected chi connectivity index (χ0v) is 17.7. The van der Waals surface area contributed by atoms with Crippen LogP contribution in [0, 0.1) is 0 Å². The normalized spacial score (nSPS) is 12.0. The van der Waals surface area contributed by atoms with E-state index in [4.69, 9.17) is 0 Å². The van der Waals surface area contributed by atoms with E-state index in [1.165, 1.54) is 0 Å². The maximum atomic E-state index is 12.5. The zero-order chi connectivity index (χ0) is 18.3. The third kappa shape index (κ3) is 7.48. The average Bonchev–Trinajstić information content (AvgIpc) is 3.16. The van der Waals surface area contributed by atoms with Crippen LogP contribution in [0.4, 0.5) is 13.2 Å². The molecule has 2 N–H and O–H groups in total. The molecule has 2 aromatic heterocycles. The molecule has 2 heterocycles. The van der Waals surface area contributed by atoms with Crippen molar-refractivity contribution in [1.29, 1.82) is 0 Å². The van der Waals surface area contributed by atoms with Gasteiger partial charge in [0.1, 0.15) is 0 Å². The maximum Gasteiger partial charge on any atom is 0.434 e. The standard InChI is InChI=1S/C15H21F3N6S.HI/c1-3-19-14(20-6-4-11-8-22-24(2)9-11)21-7-5-13-23-12(10-25-13)15(16,17)18;/h8-10H,3-7H2,1-2H3,(H2,19,20,21);1H. The van der Waals surface area contributed by atoms with E-state index in [-0.39, 0.29) is 24.0 Å². The number of thiazole rings is 1. The second-order valence-corrected chi connectivity index (χ2v) is 6.28. The number of aryl methyl sites for hydroxylation is 1. The summed E-state index contributed by atoms with van der Waals surface area (Å²) in [6.45, 7) is 3.71. The van der Waals surface area contributed by atoms with E-state index in [1.54, 1.807) is 4.68 Å². The van der Waals surface area contributed by atoms with Crippen LogP contribution >= 0.6 is 35.3 Å². The third-order valence-corrected chi connectivity index (χ3v) is 4.16. The Kier molecular flexibility index (Phi) is 9.33. The van der Waals surface area contributed by atoms with E-state index in [2.05, 4.69) is 25.7 Å². The molecule has 0 aliphatic heterocycles. The molecule has 0 aliphatic carbocycles. The third-order valence-electron chi connectivity index (χ3n) is 3.25. The van der Waals surface area contributed by atoms with Crippen molar-refractivity contribution in [2.45, 2.75) is 25.9 Å². The summed E-state index contributed by atoms with van der Waals surface area (Å²) in [4.78, 5) is 7.98. The van der Waals surface area contributed by atoms with Crippen LogP contribution in [-0.4, -0.2) is 40.4 Å². The lowest BCUT2D eigenvalue weighted by molar-refractivity contribution is -0.140. The van der Waals surface area contributed by atoms with Crippen molar-refractivity contribution < 1.29 is 13.2 Å². The van der Waals surface area contributed by atoms with Crippen molar-refractivity contribution in [2.75, 3.05) is 19.6 Å². The summed E-state index contributed by atoms with van der Waals surface area (Å²) in [5.74, 6) is 0.638. The molecule has 0 amide bonds. The second kappa shape index (κ2) is 10.7. The first-order chi connectivity index (χ1) is 11.9. The van der Waals surface area contributed by atoms with Crippen molar-refractivity contribution in [3.63, 3.8) is 0 Å². The van der Waals surface area contributed by atoms with Gasteiger partial charge in [0.25, 0.3) is 0 Å². The fourth-order valence-corrected chi connectivity index (χ4v) is 2.88. The molecular formula is C15H22F3IN6S. The van der Waals surface area contributed by atoms with E-state index < -0.39 is 11.9 Å². The number of rotatable bonds is 7. The van der Waals surface area contributed by atoms with Crippen LogP contribution in [0.1, 0.15) is 23.2 Å². The van der Waals surface area contributed by atoms with Crippen molar-refractivity contribution in [2.24, 2.45) is 12.0 Å². The molecule has 146 valence electrons. The van der Waals surface area contributed by atoms with Crippen molar-refractivity contribution in [3.05, 3.63) is 34.0 Å². The van der Waals surface area contributed by atoms with Gasteiger partial charge in [-0.25, -0.2) is 4.98 Å². The van der Waals surface area contributed by atoms with E-state index >= 15 is 0 Å². The molecule has 0 saturated heterocycles. The maximum absolute atomic E-state index is 12.5. The van der Waals surface area contributed by atoms with Gasteiger partial charge in [-0.3, -0.25) is 9.67 Å². The van der Waals surface area contributed by atoms with Crippen LogP contribution < -0.4 is 10.6 Å². The second-order valence-electron chi connectivity index (χ2n) is 5.33. The van der Waals surface area contributed by atoms with Crippen LogP contribution in [0.5, 0.6) is 0 Å². The minimum absolute atomic E-state index is 0. The van der Waals surface area contributed by atoms with Crippen LogP contribution in [0.25, 0.3) is 0 Å². The molecule has 0 atom stereocenters. The summed E-state index contributed by atoms with van der Waals surface area (Å²) in [7, 11) is 1.87. The predicted octanol–water partition coefficient (Wildman–Crippen LogP) is 2.85. The Bertz CT molecular complexity index is 698. The highest BCUT2D eigenvalue weighted by Crippen LogP contribution is 2.30. The van der Waals surface area contributed by atoms with Crippen molar-refractivity contribution in [1.82, 2.24) is 25.4 Å². The fourth-order valence-electron chi connectivity index (χ4n) is 2.09. The molecule has 0 spiro atoms. The number of hydrogen-bond acceptors (Lipinski definition) is 4. The SMILES string of the molecule is CCNC(=NCCc1nc(C(F)(F)F)cs1)NCCc1cnn(C)c1.I. The molecule has 0 aliphatic rings. The number of guanidine groups is 1. The number of aliphatic imine (C=N–C) groups is 1. The minimum atomic E-state index is -4.39. The van der Waals surface area contributed by atoms with Gasteiger partial charge in [0.15, 0.2) is 11.7 Å². The molecule has 2 rings (SSSR count). The number of aromatic nitrogens is 3. The Morgan fingerprint density at radius 3 is 2.65 bits per heavy atom. The van der Waals surface area contributed by atoms with E-state index in [0.29, 0.717) is 37.0 Å². The van der Waals surface area contributed by atoms with E-state index in [9.17, 15) is 13.2 Å². The predicted molar refractivity (Wildman–Crippen MR) is 107 cm³/mol. The molecule has 0 radical (unpaired) electrons. The first-order valence-corrected chi connectivity index (χ1v) is 8.77. The van der Waals surface area contributed by atoms with Gasteiger partial charge in [0, 0.05) is 44.7 Å². The van der Waals surface area contributed by atoms with Gasteiger partial charge in [0.2, 0.25) is 0 Å². The molecular weight excluding hydrogens is 480 g/mol. The number of alkyl halides is 3. The molecule has 2 aromatic rings. The summed E-state index contributed by atoms with van der Waals surface area (Å²) in [5.41, 5.74) is 0.284. The monoisotopic (exact) mass is 502 g/mol. The Morgan fingerprint density at radius 2 is 2.08 bits per heavy atom.